The van der Waals surface area contributed by atoms with Crippen molar-refractivity contribution in [2.45, 2.75) is 37.6 Å². The van der Waals surface area contributed by atoms with E-state index in [0.29, 0.717) is 18.4 Å². The number of benzene rings is 1. The van der Waals surface area contributed by atoms with Crippen LogP contribution in [0.5, 0.6) is 5.75 Å². The summed E-state index contributed by atoms with van der Waals surface area (Å²) >= 11 is 3.40. The quantitative estimate of drug-likeness (QED) is 0.842. The zero-order valence-electron chi connectivity index (χ0n) is 12.6. The maximum absolute atomic E-state index is 12.6. The number of hydrogen-bond donors (Lipinski definition) is 2. The van der Waals surface area contributed by atoms with Crippen LogP contribution in [0.1, 0.15) is 37.7 Å². The predicted molar refractivity (Wildman–Crippen MR) is 89.2 cm³/mol. The summed E-state index contributed by atoms with van der Waals surface area (Å²) in [5, 5.41) is 12.1. The first-order chi connectivity index (χ1) is 11.0. The van der Waals surface area contributed by atoms with Gasteiger partial charge in [0.2, 0.25) is 0 Å². The van der Waals surface area contributed by atoms with E-state index in [1.807, 2.05) is 24.3 Å². The van der Waals surface area contributed by atoms with Crippen molar-refractivity contribution in [2.75, 3.05) is 6.61 Å². The Hall–Kier alpha value is -1.82. The van der Waals surface area contributed by atoms with Crippen LogP contribution >= 0.6 is 15.9 Å². The fourth-order valence-electron chi connectivity index (χ4n) is 3.29. The average molecular weight is 380 g/mol. The van der Waals surface area contributed by atoms with Gasteiger partial charge in [0.25, 0.3) is 5.91 Å². The number of rotatable bonds is 4. The smallest absolute Gasteiger partial charge is 0.305 e. The van der Waals surface area contributed by atoms with Crippen LogP contribution in [0.3, 0.4) is 0 Å². The fourth-order valence-corrected chi connectivity index (χ4v) is 3.67. The van der Waals surface area contributed by atoms with Gasteiger partial charge in [0.15, 0.2) is 0 Å². The summed E-state index contributed by atoms with van der Waals surface area (Å²) in [5.74, 6) is -0.375. The average Bonchev–Trinajstić information content (AvgIpc) is 2.93. The topological polar surface area (TPSA) is 75.6 Å². The predicted octanol–water partition coefficient (Wildman–Crippen LogP) is 3.13. The number of halogens is 1. The molecule has 23 heavy (non-hydrogen) atoms. The van der Waals surface area contributed by atoms with Crippen molar-refractivity contribution < 1.29 is 19.4 Å². The van der Waals surface area contributed by atoms with Crippen LogP contribution in [0.25, 0.3) is 6.08 Å². The molecule has 2 N–H and O–H groups in total. The highest BCUT2D eigenvalue weighted by Crippen LogP contribution is 2.34. The van der Waals surface area contributed by atoms with Gasteiger partial charge in [0.1, 0.15) is 12.4 Å². The van der Waals surface area contributed by atoms with E-state index in [1.54, 1.807) is 0 Å². The third-order valence-electron chi connectivity index (χ3n) is 4.41. The molecule has 2 aliphatic rings. The van der Waals surface area contributed by atoms with Gasteiger partial charge in [-0.3, -0.25) is 9.59 Å². The number of amides is 1. The van der Waals surface area contributed by atoms with Crippen molar-refractivity contribution in [1.82, 2.24) is 5.32 Å². The number of ether oxygens (including phenoxy) is 1. The minimum atomic E-state index is -0.879. The lowest BCUT2D eigenvalue weighted by molar-refractivity contribution is -0.139. The Bertz CT molecular complexity index is 677. The van der Waals surface area contributed by atoms with Crippen LogP contribution in [0.15, 0.2) is 28.2 Å². The molecular weight excluding hydrogens is 362 g/mol. The molecule has 1 fully saturated rings. The van der Waals surface area contributed by atoms with Gasteiger partial charge < -0.3 is 15.2 Å². The van der Waals surface area contributed by atoms with Gasteiger partial charge in [0, 0.05) is 10.0 Å². The summed E-state index contributed by atoms with van der Waals surface area (Å²) in [6.07, 6.45) is 5.08. The van der Waals surface area contributed by atoms with E-state index < -0.39 is 11.5 Å². The zero-order valence-corrected chi connectivity index (χ0v) is 14.2. The van der Waals surface area contributed by atoms with E-state index in [4.69, 9.17) is 9.84 Å². The number of carboxylic acids is 1. The molecular formula is C17H18BrNO4. The van der Waals surface area contributed by atoms with Gasteiger partial charge in [-0.25, -0.2) is 0 Å². The number of hydrogen-bond acceptors (Lipinski definition) is 3. The fraction of sp³-hybridized carbons (Fsp3) is 0.412. The maximum Gasteiger partial charge on any atom is 0.305 e. The van der Waals surface area contributed by atoms with E-state index in [2.05, 4.69) is 21.2 Å². The van der Waals surface area contributed by atoms with Crippen molar-refractivity contribution in [1.29, 1.82) is 0 Å². The molecule has 0 bridgehead atoms. The van der Waals surface area contributed by atoms with E-state index in [9.17, 15) is 9.59 Å². The lowest BCUT2D eigenvalue weighted by atomic mass is 9.92. The van der Waals surface area contributed by atoms with Crippen LogP contribution in [0, 0.1) is 0 Å². The maximum atomic E-state index is 12.6. The second-order valence-electron chi connectivity index (χ2n) is 6.15. The molecule has 0 radical (unpaired) electrons. The van der Waals surface area contributed by atoms with Gasteiger partial charge in [-0.05, 0) is 37.1 Å². The molecule has 6 heteroatoms. The van der Waals surface area contributed by atoms with Gasteiger partial charge in [0.05, 0.1) is 17.5 Å². The van der Waals surface area contributed by atoms with Crippen LogP contribution in [0.2, 0.25) is 0 Å². The first-order valence-electron chi connectivity index (χ1n) is 7.65. The minimum absolute atomic E-state index is 0.0327. The molecule has 5 nitrogen and oxygen atoms in total. The summed E-state index contributed by atoms with van der Waals surface area (Å²) in [7, 11) is 0. The lowest BCUT2D eigenvalue weighted by Gasteiger charge is -2.30. The van der Waals surface area contributed by atoms with Gasteiger partial charge in [-0.15, -0.1) is 0 Å². The van der Waals surface area contributed by atoms with Crippen LogP contribution in [-0.4, -0.2) is 29.1 Å². The van der Waals surface area contributed by atoms with Gasteiger partial charge in [-0.1, -0.05) is 28.8 Å². The standard InChI is InChI=1S/C17H18BrNO4/c18-13-3-4-14-11(8-13)7-12(10-23-14)16(22)19-17(9-15(20)21)5-1-2-6-17/h3-4,7-8H,1-2,5-6,9-10H2,(H,19,22)(H,20,21). The molecule has 1 aliphatic carbocycles. The molecule has 0 unspecified atom stereocenters. The molecule has 1 heterocycles. The number of aliphatic carboxylic acids is 1. The summed E-state index contributed by atoms with van der Waals surface area (Å²) in [6, 6.07) is 5.63. The first-order valence-corrected chi connectivity index (χ1v) is 8.44. The number of carboxylic acid groups (broad SMARTS) is 1. The Morgan fingerprint density at radius 1 is 1.30 bits per heavy atom. The van der Waals surface area contributed by atoms with Crippen molar-refractivity contribution in [2.24, 2.45) is 0 Å². The molecule has 0 saturated heterocycles. The number of nitrogens with one attached hydrogen (secondary N) is 1. The molecule has 1 aliphatic heterocycles. The number of carbonyl (C=O) groups is 2. The summed E-state index contributed by atoms with van der Waals surface area (Å²) in [4.78, 5) is 23.7. The molecule has 122 valence electrons. The highest BCUT2D eigenvalue weighted by atomic mass is 79.9. The largest absolute Gasteiger partial charge is 0.488 e. The third-order valence-corrected chi connectivity index (χ3v) is 4.90. The third kappa shape index (κ3) is 3.58. The highest BCUT2D eigenvalue weighted by Gasteiger charge is 2.38. The second-order valence-corrected chi connectivity index (χ2v) is 7.07. The molecule has 1 saturated carbocycles. The van der Waals surface area contributed by atoms with E-state index in [-0.39, 0.29) is 18.9 Å². The Balaban J connectivity index is 1.79. The molecule has 1 amide bonds. The van der Waals surface area contributed by atoms with E-state index in [1.165, 1.54) is 0 Å². The molecule has 1 aromatic rings. The van der Waals surface area contributed by atoms with Crippen LogP contribution < -0.4 is 10.1 Å². The lowest BCUT2D eigenvalue weighted by Crippen LogP contribution is -2.48. The summed E-state index contributed by atoms with van der Waals surface area (Å²) in [5.41, 5.74) is 0.739. The molecule has 0 atom stereocenters. The van der Waals surface area contributed by atoms with Crippen molar-refractivity contribution >= 4 is 33.9 Å². The summed E-state index contributed by atoms with van der Waals surface area (Å²) in [6.45, 7) is 0.198. The monoisotopic (exact) mass is 379 g/mol. The molecule has 0 spiro atoms. The van der Waals surface area contributed by atoms with E-state index in [0.717, 1.165) is 28.6 Å². The molecule has 3 rings (SSSR count). The Morgan fingerprint density at radius 3 is 2.74 bits per heavy atom. The van der Waals surface area contributed by atoms with Crippen molar-refractivity contribution in [3.8, 4) is 5.75 Å². The van der Waals surface area contributed by atoms with Crippen LogP contribution in [-0.2, 0) is 9.59 Å². The van der Waals surface area contributed by atoms with Crippen molar-refractivity contribution in [3.63, 3.8) is 0 Å². The van der Waals surface area contributed by atoms with Crippen LogP contribution in [0.4, 0.5) is 0 Å². The first kappa shape index (κ1) is 16.1. The van der Waals surface area contributed by atoms with Gasteiger partial charge >= 0.3 is 5.97 Å². The SMILES string of the molecule is O=C(O)CC1(NC(=O)C2=Cc3cc(Br)ccc3OC2)CCCC1. The Labute approximate surface area is 142 Å². The normalized spacial score (nSPS) is 18.6. The van der Waals surface area contributed by atoms with E-state index >= 15 is 0 Å². The number of fused-ring (bicyclic) bond motifs is 1. The second kappa shape index (κ2) is 6.35. The molecule has 1 aromatic carbocycles. The van der Waals surface area contributed by atoms with Crippen molar-refractivity contribution in [3.05, 3.63) is 33.8 Å². The Kier molecular flexibility index (Phi) is 4.43. The van der Waals surface area contributed by atoms with Gasteiger partial charge in [-0.2, -0.15) is 0 Å². The molecule has 0 aromatic heterocycles. The minimum Gasteiger partial charge on any atom is -0.488 e. The number of carbonyl (C=O) groups excluding carboxylic acids is 1. The zero-order chi connectivity index (χ0) is 16.4. The Morgan fingerprint density at radius 2 is 2.04 bits per heavy atom. The highest BCUT2D eigenvalue weighted by molar-refractivity contribution is 9.10. The summed E-state index contributed by atoms with van der Waals surface area (Å²) < 4.78 is 6.54.